The molecule has 0 spiro atoms. The van der Waals surface area contributed by atoms with Crippen molar-refractivity contribution >= 4 is 34.1 Å². The lowest BCUT2D eigenvalue weighted by molar-refractivity contribution is -0.132. The van der Waals surface area contributed by atoms with Crippen LogP contribution in [-0.2, 0) is 9.59 Å². The fourth-order valence-electron chi connectivity index (χ4n) is 2.68. The molecule has 0 bridgehead atoms. The normalized spacial score (nSPS) is 11.8. The second-order valence-corrected chi connectivity index (χ2v) is 5.40. The highest BCUT2D eigenvalue weighted by atomic mass is 16.6. The van der Waals surface area contributed by atoms with Gasteiger partial charge in [-0.3, -0.25) is 0 Å². The van der Waals surface area contributed by atoms with E-state index in [-0.39, 0.29) is 16.9 Å². The molecule has 0 aliphatic carbocycles. The van der Waals surface area contributed by atoms with Gasteiger partial charge >= 0.3 is 11.9 Å². The van der Waals surface area contributed by atoms with E-state index in [2.05, 4.69) is 14.9 Å². The van der Waals surface area contributed by atoms with Crippen molar-refractivity contribution in [2.45, 2.75) is 0 Å². The zero-order valence-corrected chi connectivity index (χ0v) is 14.3. The van der Waals surface area contributed by atoms with Crippen molar-refractivity contribution in [1.82, 2.24) is 10.3 Å². The molecule has 27 heavy (non-hydrogen) atoms. The maximum Gasteiger partial charge on any atom is 0.337 e. The van der Waals surface area contributed by atoms with E-state index in [1.165, 1.54) is 50.6 Å². The van der Waals surface area contributed by atoms with Crippen LogP contribution in [-0.4, -0.2) is 46.7 Å². The summed E-state index contributed by atoms with van der Waals surface area (Å²) < 4.78 is 14.9. The Hall–Kier alpha value is -3.88. The summed E-state index contributed by atoms with van der Waals surface area (Å²) in [6, 6.07) is 8.70. The van der Waals surface area contributed by atoms with Crippen LogP contribution in [0.25, 0.3) is 22.2 Å². The molecule has 3 aromatic rings. The number of benzene rings is 2. The van der Waals surface area contributed by atoms with E-state index < -0.39 is 23.1 Å². The van der Waals surface area contributed by atoms with Crippen molar-refractivity contribution in [3.8, 4) is 11.5 Å². The van der Waals surface area contributed by atoms with Crippen LogP contribution < -0.4 is 9.47 Å². The molecule has 0 unspecified atom stereocenters. The van der Waals surface area contributed by atoms with Crippen LogP contribution in [0.5, 0.6) is 11.5 Å². The van der Waals surface area contributed by atoms with Gasteiger partial charge in [-0.15, -0.1) is 0 Å². The number of hydrogen-bond acceptors (Lipinski definition) is 7. The Kier molecular flexibility index (Phi) is 4.75. The summed E-state index contributed by atoms with van der Waals surface area (Å²) >= 11 is 0. The topological polar surface area (TPSA) is 132 Å². The van der Waals surface area contributed by atoms with E-state index in [0.29, 0.717) is 16.8 Å². The quantitative estimate of drug-likeness (QED) is 0.495. The molecule has 0 atom stereocenters. The van der Waals surface area contributed by atoms with Crippen molar-refractivity contribution < 1.29 is 33.9 Å². The number of methoxy groups -OCH3 is 2. The van der Waals surface area contributed by atoms with Crippen molar-refractivity contribution in [3.05, 3.63) is 47.5 Å². The number of hydrogen-bond donors (Lipinski definition) is 2. The second kappa shape index (κ2) is 7.16. The molecule has 2 N–H and O–H groups in total. The molecule has 0 amide bonds. The van der Waals surface area contributed by atoms with Gasteiger partial charge in [0.05, 0.1) is 25.4 Å². The lowest BCUT2D eigenvalue weighted by Crippen LogP contribution is -2.10. The van der Waals surface area contributed by atoms with Gasteiger partial charge in [0.15, 0.2) is 11.5 Å². The smallest absolute Gasteiger partial charge is 0.337 e. The molecular formula is C18H14N2O7. The number of fused-ring (bicyclic) bond motifs is 1. The average molecular weight is 370 g/mol. The first kappa shape index (κ1) is 17.9. The monoisotopic (exact) mass is 370 g/mol. The molecule has 0 saturated carbocycles. The summed E-state index contributed by atoms with van der Waals surface area (Å²) in [6.45, 7) is 0. The standard InChI is InChI=1S/C18H14N2O7/c1-25-13-6-4-10(8-14(13)26-2)16(18(23)24)15(17(21)22)9-3-5-11-12(7-9)20-27-19-11/h3-8H,1-2H3,(H,21,22)(H,23,24). The highest BCUT2D eigenvalue weighted by Gasteiger charge is 2.25. The van der Waals surface area contributed by atoms with Gasteiger partial charge in [-0.25, -0.2) is 14.2 Å². The zero-order valence-electron chi connectivity index (χ0n) is 14.3. The molecule has 0 fully saturated rings. The van der Waals surface area contributed by atoms with Crippen molar-refractivity contribution in [2.24, 2.45) is 0 Å². The summed E-state index contributed by atoms with van der Waals surface area (Å²) in [6.07, 6.45) is 0. The number of rotatable bonds is 6. The molecule has 1 aromatic heterocycles. The Morgan fingerprint density at radius 1 is 0.815 bits per heavy atom. The van der Waals surface area contributed by atoms with Crippen LogP contribution in [0.3, 0.4) is 0 Å². The Bertz CT molecular complexity index is 1070. The largest absolute Gasteiger partial charge is 0.493 e. The number of ether oxygens (including phenoxy) is 2. The molecule has 1 heterocycles. The highest BCUT2D eigenvalue weighted by molar-refractivity contribution is 6.36. The third-order valence-electron chi connectivity index (χ3n) is 3.89. The van der Waals surface area contributed by atoms with Gasteiger partial charge in [-0.1, -0.05) is 12.1 Å². The minimum atomic E-state index is -1.40. The van der Waals surface area contributed by atoms with E-state index in [0.717, 1.165) is 0 Å². The molecule has 0 radical (unpaired) electrons. The Balaban J connectivity index is 2.28. The summed E-state index contributed by atoms with van der Waals surface area (Å²) in [5.74, 6) is -2.15. The van der Waals surface area contributed by atoms with Crippen molar-refractivity contribution in [3.63, 3.8) is 0 Å². The second-order valence-electron chi connectivity index (χ2n) is 5.40. The molecule has 138 valence electrons. The van der Waals surface area contributed by atoms with Crippen LogP contribution in [0, 0.1) is 0 Å². The lowest BCUT2D eigenvalue weighted by Gasteiger charge is -2.13. The van der Waals surface area contributed by atoms with Gasteiger partial charge in [0.25, 0.3) is 0 Å². The number of nitrogens with zero attached hydrogens (tertiary/aromatic N) is 2. The van der Waals surface area contributed by atoms with E-state index in [1.807, 2.05) is 0 Å². The number of aromatic nitrogens is 2. The fourth-order valence-corrected chi connectivity index (χ4v) is 2.68. The van der Waals surface area contributed by atoms with Gasteiger partial charge in [-0.05, 0) is 45.7 Å². The summed E-state index contributed by atoms with van der Waals surface area (Å²) in [7, 11) is 2.84. The number of carboxylic acid groups (broad SMARTS) is 2. The molecular weight excluding hydrogens is 356 g/mol. The highest BCUT2D eigenvalue weighted by Crippen LogP contribution is 2.34. The number of aliphatic carboxylic acids is 2. The number of carbonyl (C=O) groups is 2. The van der Waals surface area contributed by atoms with Crippen LogP contribution in [0.15, 0.2) is 41.0 Å². The predicted molar refractivity (Wildman–Crippen MR) is 93.4 cm³/mol. The van der Waals surface area contributed by atoms with E-state index in [4.69, 9.17) is 9.47 Å². The number of carboxylic acids is 2. The van der Waals surface area contributed by atoms with Crippen LogP contribution in [0.2, 0.25) is 0 Å². The predicted octanol–water partition coefficient (Wildman–Crippen LogP) is 2.32. The van der Waals surface area contributed by atoms with Gasteiger partial charge in [0.1, 0.15) is 11.0 Å². The van der Waals surface area contributed by atoms with Gasteiger partial charge in [0.2, 0.25) is 0 Å². The minimum Gasteiger partial charge on any atom is -0.493 e. The Morgan fingerprint density at radius 3 is 1.96 bits per heavy atom. The lowest BCUT2D eigenvalue weighted by atomic mass is 9.94. The summed E-state index contributed by atoms with van der Waals surface area (Å²) in [5.41, 5.74) is 0.225. The van der Waals surface area contributed by atoms with Gasteiger partial charge in [0, 0.05) is 0 Å². The third kappa shape index (κ3) is 3.30. The Morgan fingerprint density at radius 2 is 1.37 bits per heavy atom. The molecule has 0 aliphatic rings. The maximum absolute atomic E-state index is 11.9. The van der Waals surface area contributed by atoms with Gasteiger partial charge < -0.3 is 19.7 Å². The van der Waals surface area contributed by atoms with Crippen LogP contribution in [0.4, 0.5) is 0 Å². The van der Waals surface area contributed by atoms with Crippen LogP contribution >= 0.6 is 0 Å². The molecule has 3 rings (SSSR count). The molecule has 0 aliphatic heterocycles. The van der Waals surface area contributed by atoms with E-state index in [9.17, 15) is 19.8 Å². The average Bonchev–Trinajstić information content (AvgIpc) is 3.12. The molecule has 0 saturated heterocycles. The molecule has 9 nitrogen and oxygen atoms in total. The fraction of sp³-hybridized carbons (Fsp3) is 0.111. The zero-order chi connectivity index (χ0) is 19.6. The third-order valence-corrected chi connectivity index (χ3v) is 3.89. The first-order valence-corrected chi connectivity index (χ1v) is 7.62. The Labute approximate surface area is 152 Å². The SMILES string of the molecule is COc1ccc(C(C(=O)O)=C(C(=O)O)c2ccc3nonc3c2)cc1OC. The first-order valence-electron chi connectivity index (χ1n) is 7.62. The summed E-state index contributed by atoms with van der Waals surface area (Å²) in [5, 5.41) is 26.8. The van der Waals surface area contributed by atoms with Crippen molar-refractivity contribution in [2.75, 3.05) is 14.2 Å². The molecule has 2 aromatic carbocycles. The van der Waals surface area contributed by atoms with E-state index in [1.54, 1.807) is 0 Å². The van der Waals surface area contributed by atoms with Crippen LogP contribution in [0.1, 0.15) is 11.1 Å². The van der Waals surface area contributed by atoms with Gasteiger partial charge in [-0.2, -0.15) is 0 Å². The van der Waals surface area contributed by atoms with E-state index >= 15 is 0 Å². The van der Waals surface area contributed by atoms with Crippen molar-refractivity contribution in [1.29, 1.82) is 0 Å². The first-order chi connectivity index (χ1) is 13.0. The summed E-state index contributed by atoms with van der Waals surface area (Å²) in [4.78, 5) is 23.9. The molecule has 9 heteroatoms. The minimum absolute atomic E-state index is 0.149. The maximum atomic E-state index is 11.9.